The summed E-state index contributed by atoms with van der Waals surface area (Å²) in [4.78, 5) is 28.0. The Bertz CT molecular complexity index is 1810. The van der Waals surface area contributed by atoms with Crippen molar-refractivity contribution < 1.29 is 24.5 Å². The predicted octanol–water partition coefficient (Wildman–Crippen LogP) is 4.42. The van der Waals surface area contributed by atoms with E-state index in [-0.39, 0.29) is 19.1 Å². The summed E-state index contributed by atoms with van der Waals surface area (Å²) in [6, 6.07) is 15.1. The Balaban J connectivity index is 1.27. The molecule has 10 heteroatoms. The van der Waals surface area contributed by atoms with Gasteiger partial charge in [0.25, 0.3) is 5.91 Å². The third-order valence-corrected chi connectivity index (χ3v) is 8.08. The maximum absolute atomic E-state index is 13.8. The number of nitrogens with zero attached hydrogens (tertiary/aromatic N) is 4. The van der Waals surface area contributed by atoms with Crippen LogP contribution >= 0.6 is 0 Å². The molecule has 0 atom stereocenters. The Kier molecular flexibility index (Phi) is 6.34. The van der Waals surface area contributed by atoms with Crippen LogP contribution in [0.15, 0.2) is 67.3 Å². The first-order valence-corrected chi connectivity index (χ1v) is 14.0. The monoisotopic (exact) mass is 565 g/mol. The highest BCUT2D eigenvalue weighted by molar-refractivity contribution is 6.09. The Morgan fingerprint density at radius 2 is 1.93 bits per heavy atom. The molecule has 214 valence electrons. The first-order valence-electron chi connectivity index (χ1n) is 14.0. The molecule has 42 heavy (non-hydrogen) atoms. The zero-order valence-corrected chi connectivity index (χ0v) is 23.4. The van der Waals surface area contributed by atoms with Gasteiger partial charge in [-0.25, -0.2) is 9.97 Å². The number of hydrogen-bond acceptors (Lipinski definition) is 7. The molecule has 0 bridgehead atoms. The van der Waals surface area contributed by atoms with Gasteiger partial charge in [-0.2, -0.15) is 0 Å². The van der Waals surface area contributed by atoms with Crippen LogP contribution in [-0.4, -0.2) is 62.0 Å². The van der Waals surface area contributed by atoms with E-state index in [0.29, 0.717) is 59.6 Å². The van der Waals surface area contributed by atoms with E-state index >= 15 is 0 Å². The minimum absolute atomic E-state index is 0.229. The number of carbonyl (C=O) groups excluding carboxylic acids is 1. The summed E-state index contributed by atoms with van der Waals surface area (Å²) in [5.74, 6) is 0.208. The molecule has 0 aliphatic carbocycles. The van der Waals surface area contributed by atoms with Gasteiger partial charge >= 0.3 is 0 Å². The second-order valence-electron chi connectivity index (χ2n) is 11.2. The van der Waals surface area contributed by atoms with E-state index in [1.807, 2.05) is 42.9 Å². The van der Waals surface area contributed by atoms with E-state index in [1.165, 1.54) is 0 Å². The number of imidazole rings is 1. The number of nitrogens with one attached hydrogen (secondary N) is 1. The van der Waals surface area contributed by atoms with E-state index in [0.717, 1.165) is 27.9 Å². The minimum atomic E-state index is -1.06. The molecule has 1 fully saturated rings. The summed E-state index contributed by atoms with van der Waals surface area (Å²) in [7, 11) is 0. The highest BCUT2D eigenvalue weighted by Gasteiger charge is 2.29. The SMILES string of the molecule is CC(C)(O)c1ccc2c(c1)OCCN(c1cccc(-c3ccnc4[nH]c(-c5cn(C6COC6)cn5)cc34)c1CO)C2=O. The van der Waals surface area contributed by atoms with E-state index in [9.17, 15) is 15.0 Å². The summed E-state index contributed by atoms with van der Waals surface area (Å²) in [6.45, 7) is 5.07. The lowest BCUT2D eigenvalue weighted by Gasteiger charge is -2.26. The summed E-state index contributed by atoms with van der Waals surface area (Å²) in [6.07, 6.45) is 5.56. The van der Waals surface area contributed by atoms with Crippen molar-refractivity contribution in [1.82, 2.24) is 19.5 Å². The lowest BCUT2D eigenvalue weighted by atomic mass is 9.95. The lowest BCUT2D eigenvalue weighted by molar-refractivity contribution is -0.0233. The van der Waals surface area contributed by atoms with E-state index < -0.39 is 5.60 Å². The molecule has 0 radical (unpaired) electrons. The smallest absolute Gasteiger partial charge is 0.262 e. The highest BCUT2D eigenvalue weighted by atomic mass is 16.5. The van der Waals surface area contributed by atoms with Gasteiger partial charge in [0.15, 0.2) is 0 Å². The Morgan fingerprint density at radius 3 is 2.69 bits per heavy atom. The Hall–Kier alpha value is -4.51. The van der Waals surface area contributed by atoms with Gasteiger partial charge in [0.2, 0.25) is 0 Å². The normalized spacial score (nSPS) is 15.8. The summed E-state index contributed by atoms with van der Waals surface area (Å²) in [5.41, 5.74) is 5.30. The molecule has 2 aromatic carbocycles. The largest absolute Gasteiger partial charge is 0.491 e. The molecule has 2 aliphatic rings. The van der Waals surface area contributed by atoms with Gasteiger partial charge in [-0.3, -0.25) is 4.79 Å². The highest BCUT2D eigenvalue weighted by Crippen LogP contribution is 2.38. The number of H-pyrrole nitrogens is 1. The van der Waals surface area contributed by atoms with E-state index in [4.69, 9.17) is 9.47 Å². The number of amides is 1. The molecule has 3 N–H and O–H groups in total. The van der Waals surface area contributed by atoms with Crippen LogP contribution in [0.2, 0.25) is 0 Å². The van der Waals surface area contributed by atoms with Crippen LogP contribution in [0.1, 0.15) is 41.4 Å². The zero-order chi connectivity index (χ0) is 29.0. The van der Waals surface area contributed by atoms with Crippen molar-refractivity contribution in [1.29, 1.82) is 0 Å². The van der Waals surface area contributed by atoms with Crippen molar-refractivity contribution in [3.05, 3.63) is 83.9 Å². The number of ether oxygens (including phenoxy) is 2. The molecule has 7 rings (SSSR count). The average molecular weight is 566 g/mol. The molecule has 2 aliphatic heterocycles. The number of benzene rings is 2. The number of rotatable bonds is 6. The number of carbonyl (C=O) groups is 1. The number of aliphatic hydroxyl groups is 2. The molecule has 10 nitrogen and oxygen atoms in total. The first kappa shape index (κ1) is 26.4. The molecule has 1 saturated heterocycles. The van der Waals surface area contributed by atoms with Gasteiger partial charge in [-0.1, -0.05) is 18.2 Å². The van der Waals surface area contributed by atoms with E-state index in [1.54, 1.807) is 43.1 Å². The van der Waals surface area contributed by atoms with Crippen LogP contribution < -0.4 is 9.64 Å². The number of aliphatic hydroxyl groups excluding tert-OH is 1. The second kappa shape index (κ2) is 10.1. The van der Waals surface area contributed by atoms with Crippen molar-refractivity contribution in [2.24, 2.45) is 0 Å². The third-order valence-electron chi connectivity index (χ3n) is 8.08. The van der Waals surface area contributed by atoms with Crippen molar-refractivity contribution in [3.8, 4) is 28.3 Å². The van der Waals surface area contributed by atoms with Gasteiger partial charge in [-0.15, -0.1) is 0 Å². The second-order valence-corrected chi connectivity index (χ2v) is 11.2. The van der Waals surface area contributed by atoms with E-state index in [2.05, 4.69) is 19.5 Å². The van der Waals surface area contributed by atoms with Gasteiger partial charge in [0.1, 0.15) is 23.7 Å². The Morgan fingerprint density at radius 1 is 1.07 bits per heavy atom. The molecule has 1 amide bonds. The van der Waals surface area contributed by atoms with Gasteiger partial charge < -0.3 is 34.1 Å². The molecule has 3 aromatic heterocycles. The molecule has 5 aromatic rings. The van der Waals surface area contributed by atoms with Crippen LogP contribution in [0.5, 0.6) is 5.75 Å². The number of hydrogen-bond donors (Lipinski definition) is 3. The number of anilines is 1. The molecule has 0 saturated carbocycles. The zero-order valence-electron chi connectivity index (χ0n) is 23.4. The number of aromatic amines is 1. The van der Waals surface area contributed by atoms with Crippen molar-refractivity contribution in [2.75, 3.05) is 31.3 Å². The third kappa shape index (κ3) is 4.44. The fourth-order valence-electron chi connectivity index (χ4n) is 5.64. The number of pyridine rings is 1. The van der Waals surface area contributed by atoms with Crippen LogP contribution in [-0.2, 0) is 16.9 Å². The van der Waals surface area contributed by atoms with Gasteiger partial charge in [0, 0.05) is 23.3 Å². The van der Waals surface area contributed by atoms with Crippen molar-refractivity contribution in [2.45, 2.75) is 32.1 Å². The number of fused-ring (bicyclic) bond motifs is 2. The fraction of sp³-hybridized carbons (Fsp3) is 0.281. The standard InChI is InChI=1S/C32H31N5O5/c1-32(2,40)19-6-7-23-29(12-19)42-11-10-37(31(23)39)28-5-3-4-21(25(28)15-38)22-8-9-33-30-24(22)13-26(35-30)27-14-36(18-34-27)20-16-41-17-20/h3-9,12-14,18,20,38,40H,10-11,15-17H2,1-2H3,(H,33,35). The average Bonchev–Trinajstić information content (AvgIpc) is 3.57. The van der Waals surface area contributed by atoms with Gasteiger partial charge in [-0.05, 0) is 60.9 Å². The molecule has 0 spiro atoms. The van der Waals surface area contributed by atoms with Crippen molar-refractivity contribution in [3.63, 3.8) is 0 Å². The van der Waals surface area contributed by atoms with Crippen LogP contribution in [0.4, 0.5) is 5.69 Å². The van der Waals surface area contributed by atoms with Crippen LogP contribution in [0.25, 0.3) is 33.5 Å². The Labute approximate surface area is 242 Å². The molecule has 5 heterocycles. The predicted molar refractivity (Wildman–Crippen MR) is 157 cm³/mol. The topological polar surface area (TPSA) is 126 Å². The lowest BCUT2D eigenvalue weighted by Crippen LogP contribution is -2.33. The summed E-state index contributed by atoms with van der Waals surface area (Å²) >= 11 is 0. The number of aromatic nitrogens is 4. The van der Waals surface area contributed by atoms with Gasteiger partial charge in [0.05, 0.1) is 61.3 Å². The minimum Gasteiger partial charge on any atom is -0.491 e. The first-order chi connectivity index (χ1) is 20.3. The summed E-state index contributed by atoms with van der Waals surface area (Å²) < 4.78 is 13.3. The summed E-state index contributed by atoms with van der Waals surface area (Å²) in [5, 5.41) is 22.0. The maximum atomic E-state index is 13.8. The van der Waals surface area contributed by atoms with Crippen LogP contribution in [0, 0.1) is 0 Å². The quantitative estimate of drug-likeness (QED) is 0.278. The maximum Gasteiger partial charge on any atom is 0.262 e. The van der Waals surface area contributed by atoms with Crippen LogP contribution in [0.3, 0.4) is 0 Å². The van der Waals surface area contributed by atoms with Crippen molar-refractivity contribution >= 4 is 22.6 Å². The fourth-order valence-corrected chi connectivity index (χ4v) is 5.64. The molecular weight excluding hydrogens is 534 g/mol. The molecular formula is C32H31N5O5. The molecule has 0 unspecified atom stereocenters.